The van der Waals surface area contributed by atoms with Crippen molar-refractivity contribution in [3.63, 3.8) is 0 Å². The molecule has 1 fully saturated rings. The standard InChI is InChI=1S/C20H16N4O3/c25-13-6-9-24(10-7-13)19-17-16(15-5-2-8-21-20(15)27-17)22-18(23-19)12-3-1-4-14(26)11-12/h1-5,8,11,26H,6-7,9-10H2. The second kappa shape index (κ2) is 6.05. The third-order valence-corrected chi connectivity index (χ3v) is 4.80. The average molecular weight is 360 g/mol. The lowest BCUT2D eigenvalue weighted by Crippen LogP contribution is -2.34. The highest BCUT2D eigenvalue weighted by molar-refractivity contribution is 6.05. The van der Waals surface area contributed by atoms with E-state index >= 15 is 0 Å². The summed E-state index contributed by atoms with van der Waals surface area (Å²) < 4.78 is 5.97. The number of anilines is 1. The van der Waals surface area contributed by atoms with E-state index in [0.29, 0.717) is 60.0 Å². The van der Waals surface area contributed by atoms with Gasteiger partial charge in [-0.2, -0.15) is 0 Å². The van der Waals surface area contributed by atoms with Gasteiger partial charge in [0, 0.05) is 37.7 Å². The summed E-state index contributed by atoms with van der Waals surface area (Å²) in [5, 5.41) is 10.6. The van der Waals surface area contributed by atoms with Crippen molar-refractivity contribution in [2.45, 2.75) is 12.8 Å². The number of nitrogens with zero attached hydrogens (tertiary/aromatic N) is 4. The maximum Gasteiger partial charge on any atom is 0.229 e. The smallest absolute Gasteiger partial charge is 0.229 e. The Balaban J connectivity index is 1.76. The number of benzene rings is 1. The molecule has 134 valence electrons. The fourth-order valence-electron chi connectivity index (χ4n) is 3.42. The molecule has 0 bridgehead atoms. The molecular formula is C20H16N4O3. The van der Waals surface area contributed by atoms with E-state index in [1.54, 1.807) is 24.4 Å². The fraction of sp³-hybridized carbons (Fsp3) is 0.200. The zero-order chi connectivity index (χ0) is 18.4. The molecule has 1 aromatic carbocycles. The van der Waals surface area contributed by atoms with Gasteiger partial charge in [-0.1, -0.05) is 12.1 Å². The quantitative estimate of drug-likeness (QED) is 0.586. The molecule has 3 aromatic heterocycles. The molecule has 0 unspecified atom stereocenters. The van der Waals surface area contributed by atoms with Crippen molar-refractivity contribution in [2.24, 2.45) is 0 Å². The highest BCUT2D eigenvalue weighted by Gasteiger charge is 2.24. The molecule has 0 amide bonds. The van der Waals surface area contributed by atoms with E-state index in [1.807, 2.05) is 18.2 Å². The van der Waals surface area contributed by atoms with Crippen molar-refractivity contribution < 1.29 is 14.3 Å². The first-order valence-electron chi connectivity index (χ1n) is 8.80. The number of carbonyl (C=O) groups is 1. The zero-order valence-corrected chi connectivity index (χ0v) is 14.4. The Labute approximate surface area is 154 Å². The van der Waals surface area contributed by atoms with E-state index in [0.717, 1.165) is 5.39 Å². The van der Waals surface area contributed by atoms with Gasteiger partial charge in [-0.15, -0.1) is 0 Å². The molecule has 1 saturated heterocycles. The number of rotatable bonds is 2. The van der Waals surface area contributed by atoms with Gasteiger partial charge in [-0.05, 0) is 24.3 Å². The average Bonchev–Trinajstić information content (AvgIpc) is 3.07. The number of fused-ring (bicyclic) bond motifs is 3. The van der Waals surface area contributed by atoms with Gasteiger partial charge in [0.05, 0.1) is 5.39 Å². The second-order valence-electron chi connectivity index (χ2n) is 6.58. The molecule has 0 saturated carbocycles. The molecule has 7 heteroatoms. The number of piperidine rings is 1. The summed E-state index contributed by atoms with van der Waals surface area (Å²) in [7, 11) is 0. The van der Waals surface area contributed by atoms with Gasteiger partial charge in [-0.3, -0.25) is 4.79 Å². The van der Waals surface area contributed by atoms with Crippen molar-refractivity contribution in [3.8, 4) is 17.1 Å². The number of Topliss-reactive ketones (excluding diaryl/α,β-unsaturated/α-hetero) is 1. The van der Waals surface area contributed by atoms with Gasteiger partial charge < -0.3 is 14.4 Å². The molecule has 1 N–H and O–H groups in total. The third-order valence-electron chi connectivity index (χ3n) is 4.80. The molecule has 27 heavy (non-hydrogen) atoms. The molecule has 0 spiro atoms. The maximum absolute atomic E-state index is 11.6. The van der Waals surface area contributed by atoms with Crippen LogP contribution in [0.2, 0.25) is 0 Å². The van der Waals surface area contributed by atoms with Gasteiger partial charge in [0.1, 0.15) is 17.0 Å². The topological polar surface area (TPSA) is 92.4 Å². The zero-order valence-electron chi connectivity index (χ0n) is 14.4. The van der Waals surface area contributed by atoms with E-state index < -0.39 is 0 Å². The van der Waals surface area contributed by atoms with Crippen LogP contribution in [-0.4, -0.2) is 38.9 Å². The van der Waals surface area contributed by atoms with Gasteiger partial charge in [-0.25, -0.2) is 15.0 Å². The molecule has 5 rings (SSSR count). The van der Waals surface area contributed by atoms with Crippen molar-refractivity contribution in [3.05, 3.63) is 42.6 Å². The summed E-state index contributed by atoms with van der Waals surface area (Å²) in [5.74, 6) is 1.57. The van der Waals surface area contributed by atoms with Crippen LogP contribution in [0.4, 0.5) is 5.82 Å². The van der Waals surface area contributed by atoms with Crippen LogP contribution in [0, 0.1) is 0 Å². The molecule has 0 aliphatic carbocycles. The summed E-state index contributed by atoms with van der Waals surface area (Å²) in [6, 6.07) is 10.6. The summed E-state index contributed by atoms with van der Waals surface area (Å²) >= 11 is 0. The van der Waals surface area contributed by atoms with Crippen LogP contribution in [0.3, 0.4) is 0 Å². The van der Waals surface area contributed by atoms with Gasteiger partial charge >= 0.3 is 0 Å². The second-order valence-corrected chi connectivity index (χ2v) is 6.58. The minimum absolute atomic E-state index is 0.153. The SMILES string of the molecule is O=C1CCN(c2nc(-c3cccc(O)c3)nc3c2oc2ncccc23)CC1. The molecule has 0 radical (unpaired) electrons. The van der Waals surface area contributed by atoms with Crippen LogP contribution in [0.5, 0.6) is 5.75 Å². The van der Waals surface area contributed by atoms with Crippen molar-refractivity contribution in [1.82, 2.24) is 15.0 Å². The van der Waals surface area contributed by atoms with Crippen LogP contribution in [-0.2, 0) is 4.79 Å². The summed E-state index contributed by atoms with van der Waals surface area (Å²) in [5.41, 5.74) is 2.47. The lowest BCUT2D eigenvalue weighted by molar-refractivity contribution is -0.119. The van der Waals surface area contributed by atoms with E-state index in [-0.39, 0.29) is 11.5 Å². The van der Waals surface area contributed by atoms with Crippen molar-refractivity contribution >= 4 is 33.8 Å². The minimum atomic E-state index is 0.153. The predicted molar refractivity (Wildman–Crippen MR) is 101 cm³/mol. The summed E-state index contributed by atoms with van der Waals surface area (Å²) in [4.78, 5) is 27.4. The van der Waals surface area contributed by atoms with E-state index in [4.69, 9.17) is 14.4 Å². The highest BCUT2D eigenvalue weighted by Crippen LogP contribution is 2.35. The van der Waals surface area contributed by atoms with E-state index in [9.17, 15) is 9.90 Å². The number of furan rings is 1. The number of aromatic nitrogens is 3. The fourth-order valence-corrected chi connectivity index (χ4v) is 3.42. The monoisotopic (exact) mass is 360 g/mol. The number of carbonyl (C=O) groups excluding carboxylic acids is 1. The number of phenolic OH excluding ortho intramolecular Hbond substituents is 1. The normalized spacial score (nSPS) is 15.0. The first-order chi connectivity index (χ1) is 13.2. The van der Waals surface area contributed by atoms with Crippen LogP contribution in [0.15, 0.2) is 47.0 Å². The van der Waals surface area contributed by atoms with Crippen molar-refractivity contribution in [1.29, 1.82) is 0 Å². The Morgan fingerprint density at radius 3 is 2.74 bits per heavy atom. The first kappa shape index (κ1) is 15.7. The lowest BCUT2D eigenvalue weighted by atomic mass is 10.1. The molecule has 0 atom stereocenters. The molecule has 1 aliphatic heterocycles. The number of pyridine rings is 1. The number of hydrogen-bond acceptors (Lipinski definition) is 7. The molecule has 4 heterocycles. The van der Waals surface area contributed by atoms with Gasteiger partial charge in [0.15, 0.2) is 17.2 Å². The third kappa shape index (κ3) is 2.68. The summed E-state index contributed by atoms with van der Waals surface area (Å²) in [6.07, 6.45) is 2.66. The Bertz CT molecular complexity index is 1170. The number of hydrogen-bond donors (Lipinski definition) is 1. The predicted octanol–water partition coefficient (Wildman–Crippen LogP) is 3.31. The Kier molecular flexibility index (Phi) is 3.53. The minimum Gasteiger partial charge on any atom is -0.508 e. The number of ketones is 1. The first-order valence-corrected chi connectivity index (χ1v) is 8.80. The summed E-state index contributed by atoms with van der Waals surface area (Å²) in [6.45, 7) is 1.18. The Hall–Kier alpha value is -3.48. The lowest BCUT2D eigenvalue weighted by Gasteiger charge is -2.27. The highest BCUT2D eigenvalue weighted by atomic mass is 16.3. The molecular weight excluding hydrogens is 344 g/mol. The van der Waals surface area contributed by atoms with Gasteiger partial charge in [0.2, 0.25) is 5.71 Å². The van der Waals surface area contributed by atoms with Crippen molar-refractivity contribution in [2.75, 3.05) is 18.0 Å². The maximum atomic E-state index is 11.6. The van der Waals surface area contributed by atoms with E-state index in [2.05, 4.69) is 9.88 Å². The Morgan fingerprint density at radius 1 is 1.07 bits per heavy atom. The van der Waals surface area contributed by atoms with Crippen LogP contribution in [0.25, 0.3) is 33.6 Å². The molecule has 7 nitrogen and oxygen atoms in total. The van der Waals surface area contributed by atoms with Crippen LogP contribution < -0.4 is 4.90 Å². The van der Waals surface area contributed by atoms with Crippen LogP contribution >= 0.6 is 0 Å². The largest absolute Gasteiger partial charge is 0.508 e. The van der Waals surface area contributed by atoms with Gasteiger partial charge in [0.25, 0.3) is 0 Å². The molecule has 1 aliphatic rings. The number of phenols is 1. The number of aromatic hydroxyl groups is 1. The Morgan fingerprint density at radius 2 is 1.93 bits per heavy atom. The van der Waals surface area contributed by atoms with Crippen LogP contribution in [0.1, 0.15) is 12.8 Å². The van der Waals surface area contributed by atoms with E-state index in [1.165, 1.54) is 0 Å². The molecule has 4 aromatic rings.